The number of carbonyl (C=O) groups excluding carboxylic acids is 1. The van der Waals surface area contributed by atoms with Gasteiger partial charge >= 0.3 is 0 Å². The van der Waals surface area contributed by atoms with Crippen molar-refractivity contribution in [3.63, 3.8) is 0 Å². The predicted octanol–water partition coefficient (Wildman–Crippen LogP) is 3.41. The van der Waals surface area contributed by atoms with E-state index in [1.807, 2.05) is 31.2 Å². The number of para-hydroxylation sites is 2. The van der Waals surface area contributed by atoms with Gasteiger partial charge in [-0.3, -0.25) is 4.79 Å². The summed E-state index contributed by atoms with van der Waals surface area (Å²) >= 11 is 3.37. The van der Waals surface area contributed by atoms with E-state index >= 15 is 0 Å². The van der Waals surface area contributed by atoms with Crippen molar-refractivity contribution in [2.75, 3.05) is 6.61 Å². The SMILES string of the molecule is CC(NC(=O)COc1ccccc1O)c1ccc(Br)cc1. The molecule has 2 aromatic carbocycles. The number of aromatic hydroxyl groups is 1. The fourth-order valence-electron chi connectivity index (χ4n) is 1.84. The first-order valence-corrected chi connectivity index (χ1v) is 7.31. The average Bonchev–Trinajstić information content (AvgIpc) is 2.47. The van der Waals surface area contributed by atoms with E-state index in [0.29, 0.717) is 5.75 Å². The van der Waals surface area contributed by atoms with Crippen molar-refractivity contribution >= 4 is 21.8 Å². The molecule has 0 saturated heterocycles. The van der Waals surface area contributed by atoms with Crippen LogP contribution in [0.5, 0.6) is 11.5 Å². The maximum Gasteiger partial charge on any atom is 0.258 e. The molecule has 4 nitrogen and oxygen atoms in total. The molecule has 1 unspecified atom stereocenters. The molecule has 2 aromatic rings. The summed E-state index contributed by atoms with van der Waals surface area (Å²) in [5.74, 6) is 0.0730. The maximum atomic E-state index is 11.9. The van der Waals surface area contributed by atoms with Gasteiger partial charge in [0.25, 0.3) is 5.91 Å². The highest BCUT2D eigenvalue weighted by Gasteiger charge is 2.11. The number of phenolic OH excluding ortho intramolecular Hbond substituents is 1. The third-order valence-electron chi connectivity index (χ3n) is 2.97. The Labute approximate surface area is 131 Å². The molecular weight excluding hydrogens is 334 g/mol. The van der Waals surface area contributed by atoms with Crippen molar-refractivity contribution in [3.8, 4) is 11.5 Å². The molecular formula is C16H16BrNO3. The molecule has 21 heavy (non-hydrogen) atoms. The van der Waals surface area contributed by atoms with Crippen LogP contribution in [0.3, 0.4) is 0 Å². The molecule has 1 atom stereocenters. The Morgan fingerprint density at radius 2 is 1.90 bits per heavy atom. The predicted molar refractivity (Wildman–Crippen MR) is 84.3 cm³/mol. The highest BCUT2D eigenvalue weighted by molar-refractivity contribution is 9.10. The quantitative estimate of drug-likeness (QED) is 0.869. The smallest absolute Gasteiger partial charge is 0.258 e. The number of amides is 1. The second-order valence-electron chi connectivity index (χ2n) is 4.60. The molecule has 5 heteroatoms. The topological polar surface area (TPSA) is 58.6 Å². The first-order chi connectivity index (χ1) is 10.1. The number of benzene rings is 2. The van der Waals surface area contributed by atoms with Crippen LogP contribution in [-0.2, 0) is 4.79 Å². The summed E-state index contributed by atoms with van der Waals surface area (Å²) in [7, 11) is 0. The van der Waals surface area contributed by atoms with Crippen molar-refractivity contribution in [1.29, 1.82) is 0 Å². The van der Waals surface area contributed by atoms with Gasteiger partial charge in [0.1, 0.15) is 0 Å². The molecule has 110 valence electrons. The Bertz CT molecular complexity index is 613. The molecule has 0 aliphatic carbocycles. The van der Waals surface area contributed by atoms with Crippen LogP contribution in [0, 0.1) is 0 Å². The average molecular weight is 350 g/mol. The van der Waals surface area contributed by atoms with Gasteiger partial charge in [-0.05, 0) is 36.8 Å². The van der Waals surface area contributed by atoms with E-state index in [1.54, 1.807) is 18.2 Å². The van der Waals surface area contributed by atoms with E-state index in [9.17, 15) is 9.90 Å². The van der Waals surface area contributed by atoms with Crippen LogP contribution < -0.4 is 10.1 Å². The van der Waals surface area contributed by atoms with Crippen molar-refractivity contribution in [3.05, 3.63) is 58.6 Å². The van der Waals surface area contributed by atoms with Crippen LogP contribution in [0.1, 0.15) is 18.5 Å². The van der Waals surface area contributed by atoms with Gasteiger partial charge in [-0.2, -0.15) is 0 Å². The van der Waals surface area contributed by atoms with Crippen LogP contribution >= 0.6 is 15.9 Å². The van der Waals surface area contributed by atoms with Crippen LogP contribution in [0.25, 0.3) is 0 Å². The van der Waals surface area contributed by atoms with E-state index in [4.69, 9.17) is 4.74 Å². The van der Waals surface area contributed by atoms with E-state index < -0.39 is 0 Å². The van der Waals surface area contributed by atoms with Gasteiger partial charge in [-0.25, -0.2) is 0 Å². The first kappa shape index (κ1) is 15.4. The van der Waals surface area contributed by atoms with Crippen molar-refractivity contribution in [2.45, 2.75) is 13.0 Å². The zero-order valence-corrected chi connectivity index (χ0v) is 13.1. The summed E-state index contributed by atoms with van der Waals surface area (Å²) in [6, 6.07) is 14.2. The van der Waals surface area contributed by atoms with E-state index in [0.717, 1.165) is 10.0 Å². The lowest BCUT2D eigenvalue weighted by molar-refractivity contribution is -0.123. The highest BCUT2D eigenvalue weighted by Crippen LogP contribution is 2.24. The van der Waals surface area contributed by atoms with Crippen LogP contribution in [0.4, 0.5) is 0 Å². The fourth-order valence-corrected chi connectivity index (χ4v) is 2.10. The van der Waals surface area contributed by atoms with Crippen molar-refractivity contribution in [1.82, 2.24) is 5.32 Å². The molecule has 0 aliphatic heterocycles. The van der Waals surface area contributed by atoms with Crippen LogP contribution in [0.2, 0.25) is 0 Å². The second-order valence-corrected chi connectivity index (χ2v) is 5.51. The van der Waals surface area contributed by atoms with E-state index in [-0.39, 0.29) is 24.3 Å². The molecule has 2 rings (SSSR count). The summed E-state index contributed by atoms with van der Waals surface area (Å²) in [5, 5.41) is 12.4. The lowest BCUT2D eigenvalue weighted by atomic mass is 10.1. The second kappa shape index (κ2) is 7.13. The van der Waals surface area contributed by atoms with Gasteiger partial charge < -0.3 is 15.2 Å². The lowest BCUT2D eigenvalue weighted by Gasteiger charge is -2.15. The summed E-state index contributed by atoms with van der Waals surface area (Å²) in [6.07, 6.45) is 0. The number of phenols is 1. The molecule has 1 amide bonds. The Morgan fingerprint density at radius 1 is 1.24 bits per heavy atom. The standard InChI is InChI=1S/C16H16BrNO3/c1-11(12-6-8-13(17)9-7-12)18-16(20)10-21-15-5-3-2-4-14(15)19/h2-9,11,19H,10H2,1H3,(H,18,20). The lowest BCUT2D eigenvalue weighted by Crippen LogP contribution is -2.31. The number of rotatable bonds is 5. The number of carbonyl (C=O) groups is 1. The molecule has 0 heterocycles. The minimum Gasteiger partial charge on any atom is -0.504 e. The van der Waals surface area contributed by atoms with E-state index in [1.165, 1.54) is 6.07 Å². The van der Waals surface area contributed by atoms with Gasteiger partial charge in [-0.1, -0.05) is 40.2 Å². The van der Waals surface area contributed by atoms with Gasteiger partial charge in [0.2, 0.25) is 0 Å². The molecule has 2 N–H and O–H groups in total. The third-order valence-corrected chi connectivity index (χ3v) is 3.50. The summed E-state index contributed by atoms with van der Waals surface area (Å²) in [4.78, 5) is 11.9. The zero-order chi connectivity index (χ0) is 15.2. The van der Waals surface area contributed by atoms with Gasteiger partial charge in [0.05, 0.1) is 6.04 Å². The van der Waals surface area contributed by atoms with E-state index in [2.05, 4.69) is 21.2 Å². The minimum absolute atomic E-state index is 0.0197. The first-order valence-electron chi connectivity index (χ1n) is 6.52. The summed E-state index contributed by atoms with van der Waals surface area (Å²) in [5.41, 5.74) is 1.01. The van der Waals surface area contributed by atoms with Crippen LogP contribution in [-0.4, -0.2) is 17.6 Å². The van der Waals surface area contributed by atoms with Crippen molar-refractivity contribution < 1.29 is 14.6 Å². The number of hydrogen-bond donors (Lipinski definition) is 2. The summed E-state index contributed by atoms with van der Waals surface area (Å²) in [6.45, 7) is 1.76. The van der Waals surface area contributed by atoms with Gasteiger partial charge in [-0.15, -0.1) is 0 Å². The molecule has 0 saturated carbocycles. The number of ether oxygens (including phenoxy) is 1. The number of hydrogen-bond acceptors (Lipinski definition) is 3. The molecule has 0 radical (unpaired) electrons. The summed E-state index contributed by atoms with van der Waals surface area (Å²) < 4.78 is 6.28. The minimum atomic E-state index is -0.242. The zero-order valence-electron chi connectivity index (χ0n) is 11.5. The molecule has 0 aromatic heterocycles. The Hall–Kier alpha value is -2.01. The fraction of sp³-hybridized carbons (Fsp3) is 0.188. The number of halogens is 1. The number of nitrogens with one attached hydrogen (secondary N) is 1. The van der Waals surface area contributed by atoms with Crippen molar-refractivity contribution in [2.24, 2.45) is 0 Å². The monoisotopic (exact) mass is 349 g/mol. The van der Waals surface area contributed by atoms with Gasteiger partial charge in [0.15, 0.2) is 18.1 Å². The molecule has 0 bridgehead atoms. The van der Waals surface area contributed by atoms with Gasteiger partial charge in [0, 0.05) is 4.47 Å². The molecule has 0 spiro atoms. The Kier molecular flexibility index (Phi) is 5.22. The van der Waals surface area contributed by atoms with Crippen LogP contribution in [0.15, 0.2) is 53.0 Å². The largest absolute Gasteiger partial charge is 0.504 e. The maximum absolute atomic E-state index is 11.9. The Morgan fingerprint density at radius 3 is 2.57 bits per heavy atom. The Balaban J connectivity index is 1.87. The highest BCUT2D eigenvalue weighted by atomic mass is 79.9. The normalized spacial score (nSPS) is 11.7. The molecule has 0 aliphatic rings. The molecule has 0 fully saturated rings. The third kappa shape index (κ3) is 4.49.